The number of nitrogens with zero attached hydrogens (tertiary/aromatic N) is 1. The first-order valence-corrected chi connectivity index (χ1v) is 5.24. The molecule has 0 bridgehead atoms. The summed E-state index contributed by atoms with van der Waals surface area (Å²) in [5.74, 6) is 0. The molecule has 3 nitrogen and oxygen atoms in total. The maximum absolute atomic E-state index is 5.70. The molecular formula is C12H28N2O. The fraction of sp³-hybridized carbons (Fsp3) is 0.917. The topological polar surface area (TPSA) is 33.6 Å². The predicted octanol–water partition coefficient (Wildman–Crippen LogP) is 3.20. The van der Waals surface area contributed by atoms with Crippen molar-refractivity contribution < 1.29 is 4.74 Å². The van der Waals surface area contributed by atoms with Gasteiger partial charge in [-0.1, -0.05) is 7.43 Å². The van der Waals surface area contributed by atoms with Crippen molar-refractivity contribution in [2.75, 3.05) is 0 Å². The molecule has 0 aliphatic heterocycles. The van der Waals surface area contributed by atoms with E-state index in [9.17, 15) is 0 Å². The molecule has 0 heterocycles. The molecule has 0 amide bonds. The van der Waals surface area contributed by atoms with Crippen LogP contribution in [0.5, 0.6) is 0 Å². The Hall–Kier alpha value is -0.730. The molecule has 92 valence electrons. The molecule has 0 saturated carbocycles. The molecule has 0 aliphatic carbocycles. The van der Waals surface area contributed by atoms with Crippen molar-refractivity contribution in [1.29, 1.82) is 0 Å². The molecule has 0 fully saturated rings. The molecule has 0 aromatic rings. The van der Waals surface area contributed by atoms with Crippen molar-refractivity contribution in [2.24, 2.45) is 4.99 Å². The van der Waals surface area contributed by atoms with Crippen molar-refractivity contribution in [1.82, 2.24) is 5.32 Å². The Morgan fingerprint density at radius 2 is 1.60 bits per heavy atom. The fourth-order valence-electron chi connectivity index (χ4n) is 0.865. The SMILES string of the molecule is C.CC(C)N=C(NC(C)C)OC(C)(C)C. The zero-order valence-corrected chi connectivity index (χ0v) is 10.5. The van der Waals surface area contributed by atoms with E-state index in [2.05, 4.69) is 24.2 Å². The number of ether oxygens (including phenoxy) is 1. The van der Waals surface area contributed by atoms with E-state index in [1.54, 1.807) is 0 Å². The Morgan fingerprint density at radius 3 is 1.87 bits per heavy atom. The van der Waals surface area contributed by atoms with Crippen LogP contribution in [-0.2, 0) is 4.74 Å². The van der Waals surface area contributed by atoms with Gasteiger partial charge in [-0.15, -0.1) is 0 Å². The normalized spacial score (nSPS) is 12.7. The Bertz CT molecular complexity index is 190. The minimum atomic E-state index is -0.199. The standard InChI is InChI=1S/C11H24N2O.CH4/c1-8(2)12-10(13-9(3)4)14-11(5,6)7;/h8-9H,1-7H3,(H,12,13);1H4. The summed E-state index contributed by atoms with van der Waals surface area (Å²) in [6, 6.07) is 1.23. The number of hydrogen-bond acceptors (Lipinski definition) is 2. The summed E-state index contributed by atoms with van der Waals surface area (Å²) in [5.41, 5.74) is -0.199. The van der Waals surface area contributed by atoms with E-state index in [-0.39, 0.29) is 19.1 Å². The highest BCUT2D eigenvalue weighted by Gasteiger charge is 2.15. The fourth-order valence-corrected chi connectivity index (χ4v) is 0.865. The maximum atomic E-state index is 5.70. The second-order valence-electron chi connectivity index (χ2n) is 5.04. The molecule has 0 aliphatic rings. The number of amidine groups is 1. The van der Waals surface area contributed by atoms with E-state index in [0.717, 1.165) is 0 Å². The molecule has 1 N–H and O–H groups in total. The van der Waals surface area contributed by atoms with Gasteiger partial charge < -0.3 is 10.1 Å². The van der Waals surface area contributed by atoms with E-state index in [0.29, 0.717) is 12.1 Å². The highest BCUT2D eigenvalue weighted by Crippen LogP contribution is 2.07. The number of aliphatic imine (C=N–C) groups is 1. The summed E-state index contributed by atoms with van der Waals surface area (Å²) in [4.78, 5) is 4.39. The monoisotopic (exact) mass is 216 g/mol. The van der Waals surface area contributed by atoms with Crippen molar-refractivity contribution >= 4 is 6.02 Å². The van der Waals surface area contributed by atoms with Gasteiger partial charge >= 0.3 is 0 Å². The van der Waals surface area contributed by atoms with Crippen molar-refractivity contribution in [2.45, 2.75) is 73.6 Å². The Morgan fingerprint density at radius 1 is 1.13 bits per heavy atom. The predicted molar refractivity (Wildman–Crippen MR) is 68.4 cm³/mol. The van der Waals surface area contributed by atoms with Crippen molar-refractivity contribution in [3.05, 3.63) is 0 Å². The van der Waals surface area contributed by atoms with E-state index < -0.39 is 0 Å². The first kappa shape index (κ1) is 16.7. The summed E-state index contributed by atoms with van der Waals surface area (Å²) < 4.78 is 5.70. The third-order valence-corrected chi connectivity index (χ3v) is 1.19. The van der Waals surface area contributed by atoms with Gasteiger partial charge in [0.2, 0.25) is 0 Å². The molecule has 0 atom stereocenters. The molecule has 0 aromatic heterocycles. The second-order valence-corrected chi connectivity index (χ2v) is 5.04. The number of nitrogens with one attached hydrogen (secondary N) is 1. The van der Waals surface area contributed by atoms with Crippen LogP contribution in [-0.4, -0.2) is 23.7 Å². The van der Waals surface area contributed by atoms with Gasteiger partial charge in [-0.05, 0) is 48.5 Å². The zero-order chi connectivity index (χ0) is 11.4. The summed E-state index contributed by atoms with van der Waals surface area (Å²) in [6.45, 7) is 14.3. The van der Waals surface area contributed by atoms with Crippen LogP contribution in [0.25, 0.3) is 0 Å². The summed E-state index contributed by atoms with van der Waals surface area (Å²) in [6.07, 6.45) is 0. The summed E-state index contributed by atoms with van der Waals surface area (Å²) in [7, 11) is 0. The van der Waals surface area contributed by atoms with Gasteiger partial charge in [-0.25, -0.2) is 4.99 Å². The van der Waals surface area contributed by atoms with E-state index in [1.807, 2.05) is 34.6 Å². The van der Waals surface area contributed by atoms with E-state index in [4.69, 9.17) is 4.74 Å². The molecule has 0 spiro atoms. The van der Waals surface area contributed by atoms with Gasteiger partial charge in [0, 0.05) is 12.1 Å². The highest BCUT2D eigenvalue weighted by molar-refractivity contribution is 5.74. The lowest BCUT2D eigenvalue weighted by Crippen LogP contribution is -2.38. The van der Waals surface area contributed by atoms with Crippen LogP contribution in [0.15, 0.2) is 4.99 Å². The molecule has 3 heteroatoms. The maximum Gasteiger partial charge on any atom is 0.285 e. The van der Waals surface area contributed by atoms with Crippen LogP contribution >= 0.6 is 0 Å². The third kappa shape index (κ3) is 11.2. The van der Waals surface area contributed by atoms with Gasteiger partial charge in [0.1, 0.15) is 5.60 Å². The number of rotatable bonds is 2. The quantitative estimate of drug-likeness (QED) is 0.568. The molecule has 0 rings (SSSR count). The minimum absolute atomic E-state index is 0. The van der Waals surface area contributed by atoms with Crippen LogP contribution in [0.2, 0.25) is 0 Å². The second kappa shape index (κ2) is 6.70. The van der Waals surface area contributed by atoms with Crippen LogP contribution in [0.1, 0.15) is 55.9 Å². The summed E-state index contributed by atoms with van der Waals surface area (Å²) >= 11 is 0. The summed E-state index contributed by atoms with van der Waals surface area (Å²) in [5, 5.41) is 3.20. The Kier molecular flexibility index (Phi) is 7.45. The van der Waals surface area contributed by atoms with Gasteiger partial charge in [-0.3, -0.25) is 0 Å². The third-order valence-electron chi connectivity index (χ3n) is 1.19. The zero-order valence-electron chi connectivity index (χ0n) is 10.5. The molecule has 0 unspecified atom stereocenters. The molecular weight excluding hydrogens is 188 g/mol. The Balaban J connectivity index is 0. The van der Waals surface area contributed by atoms with Crippen LogP contribution < -0.4 is 5.32 Å². The highest BCUT2D eigenvalue weighted by atomic mass is 16.5. The van der Waals surface area contributed by atoms with Gasteiger partial charge in [0.15, 0.2) is 0 Å². The van der Waals surface area contributed by atoms with Crippen LogP contribution in [0.4, 0.5) is 0 Å². The molecule has 0 saturated heterocycles. The molecule has 15 heavy (non-hydrogen) atoms. The first-order chi connectivity index (χ1) is 6.20. The van der Waals surface area contributed by atoms with E-state index >= 15 is 0 Å². The average Bonchev–Trinajstić information content (AvgIpc) is 1.77. The van der Waals surface area contributed by atoms with Crippen LogP contribution in [0.3, 0.4) is 0 Å². The smallest absolute Gasteiger partial charge is 0.285 e. The minimum Gasteiger partial charge on any atom is -0.460 e. The number of hydrogen-bond donors (Lipinski definition) is 1. The van der Waals surface area contributed by atoms with E-state index in [1.165, 1.54) is 0 Å². The largest absolute Gasteiger partial charge is 0.460 e. The van der Waals surface area contributed by atoms with Crippen molar-refractivity contribution in [3.8, 4) is 0 Å². The average molecular weight is 216 g/mol. The van der Waals surface area contributed by atoms with Gasteiger partial charge in [0.05, 0.1) is 0 Å². The van der Waals surface area contributed by atoms with Crippen LogP contribution in [0, 0.1) is 0 Å². The lowest BCUT2D eigenvalue weighted by atomic mass is 10.2. The molecule has 0 aromatic carbocycles. The first-order valence-electron chi connectivity index (χ1n) is 5.24. The van der Waals surface area contributed by atoms with Gasteiger partial charge in [-0.2, -0.15) is 0 Å². The molecule has 0 radical (unpaired) electrons. The lowest BCUT2D eigenvalue weighted by Gasteiger charge is -2.24. The Labute approximate surface area is 95.3 Å². The van der Waals surface area contributed by atoms with Crippen molar-refractivity contribution in [3.63, 3.8) is 0 Å². The van der Waals surface area contributed by atoms with Gasteiger partial charge in [0.25, 0.3) is 6.02 Å². The lowest BCUT2D eigenvalue weighted by molar-refractivity contribution is 0.106.